The molecule has 6 heteroatoms. The third-order valence-corrected chi connectivity index (χ3v) is 3.88. The number of benzene rings is 1. The second kappa shape index (κ2) is 5.92. The Kier molecular flexibility index (Phi) is 4.47. The summed E-state index contributed by atoms with van der Waals surface area (Å²) >= 11 is 9.27. The number of carboxylic acids is 1. The average Bonchev–Trinajstić information content (AvgIpc) is 3.10. The molecule has 1 atom stereocenters. The highest BCUT2D eigenvalue weighted by atomic mass is 79.9. The highest BCUT2D eigenvalue weighted by Crippen LogP contribution is 2.34. The van der Waals surface area contributed by atoms with E-state index in [0.29, 0.717) is 10.6 Å². The van der Waals surface area contributed by atoms with E-state index >= 15 is 0 Å². The molecule has 1 aromatic rings. The molecule has 0 spiro atoms. The molecule has 0 radical (unpaired) electrons. The average molecular weight is 347 g/mol. The maximum Gasteiger partial charge on any atom is 0.305 e. The van der Waals surface area contributed by atoms with Gasteiger partial charge in [-0.25, -0.2) is 0 Å². The number of hydrogen-bond acceptors (Lipinski definition) is 2. The summed E-state index contributed by atoms with van der Waals surface area (Å²) in [7, 11) is 0. The highest BCUT2D eigenvalue weighted by Gasteiger charge is 2.34. The van der Waals surface area contributed by atoms with E-state index in [4.69, 9.17) is 16.7 Å². The number of amides is 1. The summed E-state index contributed by atoms with van der Waals surface area (Å²) < 4.78 is 0.790. The fourth-order valence-corrected chi connectivity index (χ4v) is 2.70. The molecule has 1 fully saturated rings. The smallest absolute Gasteiger partial charge is 0.305 e. The Morgan fingerprint density at radius 1 is 1.47 bits per heavy atom. The van der Waals surface area contributed by atoms with E-state index < -0.39 is 5.97 Å². The van der Waals surface area contributed by atoms with Crippen LogP contribution in [0.1, 0.15) is 29.6 Å². The molecule has 4 nitrogen and oxygen atoms in total. The lowest BCUT2D eigenvalue weighted by Gasteiger charge is -2.16. The zero-order chi connectivity index (χ0) is 14.0. The SMILES string of the molecule is O=C(O)CC(NC(=O)c1ccc(Br)cc1Cl)C1CC1. The molecule has 102 valence electrons. The minimum atomic E-state index is -0.904. The van der Waals surface area contributed by atoms with Gasteiger partial charge in [0.25, 0.3) is 5.91 Å². The van der Waals surface area contributed by atoms with Crippen LogP contribution < -0.4 is 5.32 Å². The summed E-state index contributed by atoms with van der Waals surface area (Å²) in [6.07, 6.45) is 1.88. The van der Waals surface area contributed by atoms with Crippen molar-refractivity contribution in [1.82, 2.24) is 5.32 Å². The molecule has 0 heterocycles. The van der Waals surface area contributed by atoms with Crippen molar-refractivity contribution in [2.75, 3.05) is 0 Å². The monoisotopic (exact) mass is 345 g/mol. The summed E-state index contributed by atoms with van der Waals surface area (Å²) in [5.74, 6) is -0.955. The number of aliphatic carboxylic acids is 1. The van der Waals surface area contributed by atoms with Crippen molar-refractivity contribution in [2.45, 2.75) is 25.3 Å². The topological polar surface area (TPSA) is 66.4 Å². The summed E-state index contributed by atoms with van der Waals surface area (Å²) in [4.78, 5) is 22.9. The molecular weight excluding hydrogens is 334 g/mol. The van der Waals surface area contributed by atoms with Crippen LogP contribution in [0.3, 0.4) is 0 Å². The van der Waals surface area contributed by atoms with Crippen molar-refractivity contribution in [3.05, 3.63) is 33.3 Å². The number of carbonyl (C=O) groups excluding carboxylic acids is 1. The molecule has 1 aromatic carbocycles. The number of carboxylic acid groups (broad SMARTS) is 1. The molecule has 1 saturated carbocycles. The molecule has 1 aliphatic carbocycles. The maximum absolute atomic E-state index is 12.1. The van der Waals surface area contributed by atoms with Gasteiger partial charge in [0.1, 0.15) is 0 Å². The predicted molar refractivity (Wildman–Crippen MR) is 75.4 cm³/mol. The molecule has 0 saturated heterocycles. The van der Waals surface area contributed by atoms with Gasteiger partial charge < -0.3 is 10.4 Å². The molecule has 0 aliphatic heterocycles. The second-order valence-electron chi connectivity index (χ2n) is 4.64. The molecule has 1 amide bonds. The third-order valence-electron chi connectivity index (χ3n) is 3.08. The van der Waals surface area contributed by atoms with Crippen molar-refractivity contribution in [3.8, 4) is 0 Å². The minimum Gasteiger partial charge on any atom is -0.481 e. The summed E-state index contributed by atoms with van der Waals surface area (Å²) in [5, 5.41) is 12.0. The summed E-state index contributed by atoms with van der Waals surface area (Å²) in [6.45, 7) is 0. The number of nitrogens with one attached hydrogen (secondary N) is 1. The zero-order valence-corrected chi connectivity index (χ0v) is 12.4. The van der Waals surface area contributed by atoms with Crippen LogP contribution in [0, 0.1) is 5.92 Å². The quantitative estimate of drug-likeness (QED) is 0.861. The second-order valence-corrected chi connectivity index (χ2v) is 5.96. The summed E-state index contributed by atoms with van der Waals surface area (Å²) in [5.41, 5.74) is 0.362. The lowest BCUT2D eigenvalue weighted by molar-refractivity contribution is -0.137. The van der Waals surface area contributed by atoms with Crippen molar-refractivity contribution in [2.24, 2.45) is 5.92 Å². The van der Waals surface area contributed by atoms with E-state index in [1.54, 1.807) is 18.2 Å². The van der Waals surface area contributed by atoms with Crippen LogP contribution in [0.2, 0.25) is 5.02 Å². The number of halogens is 2. The van der Waals surface area contributed by atoms with Gasteiger partial charge in [-0.15, -0.1) is 0 Å². The van der Waals surface area contributed by atoms with Gasteiger partial charge in [0.05, 0.1) is 17.0 Å². The van der Waals surface area contributed by atoms with Gasteiger partial charge in [0.15, 0.2) is 0 Å². The van der Waals surface area contributed by atoms with Crippen LogP contribution in [-0.2, 0) is 4.79 Å². The summed E-state index contributed by atoms with van der Waals surface area (Å²) in [6, 6.07) is 4.67. The Labute approximate surface area is 124 Å². The largest absolute Gasteiger partial charge is 0.481 e. The van der Waals surface area contributed by atoms with Gasteiger partial charge in [-0.1, -0.05) is 27.5 Å². The Morgan fingerprint density at radius 2 is 2.16 bits per heavy atom. The van der Waals surface area contributed by atoms with E-state index in [2.05, 4.69) is 21.2 Å². The van der Waals surface area contributed by atoms with E-state index in [1.807, 2.05) is 0 Å². The molecule has 0 bridgehead atoms. The van der Waals surface area contributed by atoms with E-state index in [1.165, 1.54) is 0 Å². The van der Waals surface area contributed by atoms with Gasteiger partial charge in [-0.2, -0.15) is 0 Å². The van der Waals surface area contributed by atoms with Crippen molar-refractivity contribution >= 4 is 39.4 Å². The molecule has 2 rings (SSSR count). The fraction of sp³-hybridized carbons (Fsp3) is 0.385. The maximum atomic E-state index is 12.1. The van der Waals surface area contributed by atoms with Crippen LogP contribution >= 0.6 is 27.5 Å². The number of hydrogen-bond donors (Lipinski definition) is 2. The third kappa shape index (κ3) is 3.94. The van der Waals surface area contributed by atoms with Crippen LogP contribution in [0.15, 0.2) is 22.7 Å². The lowest BCUT2D eigenvalue weighted by atomic mass is 10.1. The minimum absolute atomic E-state index is 0.0510. The van der Waals surface area contributed by atoms with Crippen molar-refractivity contribution in [1.29, 1.82) is 0 Å². The first-order valence-corrected chi connectivity index (χ1v) is 7.12. The van der Waals surface area contributed by atoms with Crippen molar-refractivity contribution < 1.29 is 14.7 Å². The molecule has 1 unspecified atom stereocenters. The molecule has 19 heavy (non-hydrogen) atoms. The standard InChI is InChI=1S/C13H13BrClNO3/c14-8-3-4-9(10(15)5-8)13(19)16-11(6-12(17)18)7-1-2-7/h3-5,7,11H,1-2,6H2,(H,16,19)(H,17,18). The van der Waals surface area contributed by atoms with E-state index in [9.17, 15) is 9.59 Å². The number of carbonyl (C=O) groups is 2. The highest BCUT2D eigenvalue weighted by molar-refractivity contribution is 9.10. The van der Waals surface area contributed by atoms with E-state index in [-0.39, 0.29) is 24.3 Å². The zero-order valence-electron chi connectivity index (χ0n) is 10.0. The van der Waals surface area contributed by atoms with E-state index in [0.717, 1.165) is 17.3 Å². The van der Waals surface area contributed by atoms with Gasteiger partial charge in [-0.3, -0.25) is 9.59 Å². The van der Waals surface area contributed by atoms with Crippen LogP contribution in [0.5, 0.6) is 0 Å². The van der Waals surface area contributed by atoms with Gasteiger partial charge >= 0.3 is 5.97 Å². The Hall–Kier alpha value is -1.07. The van der Waals surface area contributed by atoms with Gasteiger partial charge in [-0.05, 0) is 37.0 Å². The molecule has 1 aliphatic rings. The first-order chi connectivity index (χ1) is 8.97. The Morgan fingerprint density at radius 3 is 2.68 bits per heavy atom. The Balaban J connectivity index is 2.08. The molecule has 2 N–H and O–H groups in total. The van der Waals surface area contributed by atoms with Crippen molar-refractivity contribution in [3.63, 3.8) is 0 Å². The van der Waals surface area contributed by atoms with Gasteiger partial charge in [0.2, 0.25) is 0 Å². The Bertz CT molecular complexity index is 517. The van der Waals surface area contributed by atoms with Gasteiger partial charge in [0, 0.05) is 10.5 Å². The first kappa shape index (κ1) is 14.3. The normalized spacial score (nSPS) is 15.9. The first-order valence-electron chi connectivity index (χ1n) is 5.95. The van der Waals surface area contributed by atoms with Crippen LogP contribution in [0.4, 0.5) is 0 Å². The number of rotatable bonds is 5. The van der Waals surface area contributed by atoms with Crippen LogP contribution in [0.25, 0.3) is 0 Å². The predicted octanol–water partition coefficient (Wildman–Crippen LogP) is 3.09. The molecular formula is C13H13BrClNO3. The fourth-order valence-electron chi connectivity index (χ4n) is 1.94. The lowest BCUT2D eigenvalue weighted by Crippen LogP contribution is -2.38. The molecule has 0 aromatic heterocycles. The van der Waals surface area contributed by atoms with Crippen LogP contribution in [-0.4, -0.2) is 23.0 Å².